The molecule has 1 aliphatic rings. The van der Waals surface area contributed by atoms with Gasteiger partial charge in [0, 0.05) is 31.0 Å². The van der Waals surface area contributed by atoms with Gasteiger partial charge in [0.15, 0.2) is 0 Å². The summed E-state index contributed by atoms with van der Waals surface area (Å²) in [6.07, 6.45) is 6.13. The Bertz CT molecular complexity index is 342. The molecule has 1 aromatic rings. The normalized spacial score (nSPS) is 28.8. The van der Waals surface area contributed by atoms with Gasteiger partial charge in [0.25, 0.3) is 0 Å². The lowest BCUT2D eigenvalue weighted by Gasteiger charge is -2.20. The molecule has 0 radical (unpaired) electrons. The van der Waals surface area contributed by atoms with E-state index in [1.54, 1.807) is 0 Å². The molecule has 1 aromatic heterocycles. The van der Waals surface area contributed by atoms with Crippen LogP contribution < -0.4 is 5.32 Å². The molecule has 0 spiro atoms. The quantitative estimate of drug-likeness (QED) is 0.826. The van der Waals surface area contributed by atoms with Crippen LogP contribution in [0.25, 0.3) is 0 Å². The van der Waals surface area contributed by atoms with Crippen LogP contribution in [-0.2, 0) is 13.1 Å². The molecule has 0 saturated heterocycles. The zero-order chi connectivity index (χ0) is 12.3. The molecule has 0 aromatic carbocycles. The van der Waals surface area contributed by atoms with Crippen LogP contribution in [0.5, 0.6) is 0 Å². The van der Waals surface area contributed by atoms with Crippen LogP contribution >= 0.6 is 0 Å². The zero-order valence-electron chi connectivity index (χ0n) is 11.4. The van der Waals surface area contributed by atoms with Crippen molar-refractivity contribution >= 4 is 0 Å². The van der Waals surface area contributed by atoms with E-state index < -0.39 is 0 Å². The van der Waals surface area contributed by atoms with Crippen molar-refractivity contribution in [2.75, 3.05) is 0 Å². The van der Waals surface area contributed by atoms with Gasteiger partial charge in [-0.1, -0.05) is 20.8 Å². The van der Waals surface area contributed by atoms with Crippen molar-refractivity contribution < 1.29 is 0 Å². The first-order valence-electron chi connectivity index (χ1n) is 7.09. The van der Waals surface area contributed by atoms with E-state index in [1.807, 2.05) is 0 Å². The van der Waals surface area contributed by atoms with Crippen LogP contribution in [-0.4, -0.2) is 10.6 Å². The first-order valence-corrected chi connectivity index (χ1v) is 7.09. The number of nitrogens with one attached hydrogen (secondary N) is 1. The fourth-order valence-electron chi connectivity index (χ4n) is 2.96. The highest BCUT2D eigenvalue weighted by Crippen LogP contribution is 2.31. The van der Waals surface area contributed by atoms with E-state index >= 15 is 0 Å². The van der Waals surface area contributed by atoms with Gasteiger partial charge < -0.3 is 9.88 Å². The molecular weight excluding hydrogens is 208 g/mol. The van der Waals surface area contributed by atoms with E-state index in [0.717, 1.165) is 31.0 Å². The lowest BCUT2D eigenvalue weighted by atomic mass is 9.98. The molecule has 0 bridgehead atoms. The molecule has 1 heterocycles. The summed E-state index contributed by atoms with van der Waals surface area (Å²) in [7, 11) is 0. The van der Waals surface area contributed by atoms with Gasteiger partial charge >= 0.3 is 0 Å². The van der Waals surface area contributed by atoms with Gasteiger partial charge in [0.2, 0.25) is 0 Å². The number of aryl methyl sites for hydroxylation is 1. The lowest BCUT2D eigenvalue weighted by molar-refractivity contribution is 0.366. The maximum Gasteiger partial charge on any atom is 0.0361 e. The number of hydrogen-bond donors (Lipinski definition) is 1. The SMILES string of the molecule is CCCn1cccc1CNC1CCC(C)C1C. The molecule has 3 atom stereocenters. The third-order valence-corrected chi connectivity index (χ3v) is 4.40. The van der Waals surface area contributed by atoms with Gasteiger partial charge in [-0.3, -0.25) is 0 Å². The Kier molecular flexibility index (Phi) is 4.27. The molecule has 1 fully saturated rings. The fraction of sp³-hybridized carbons (Fsp3) is 0.733. The minimum Gasteiger partial charge on any atom is -0.350 e. The first kappa shape index (κ1) is 12.7. The Morgan fingerprint density at radius 1 is 1.35 bits per heavy atom. The molecule has 17 heavy (non-hydrogen) atoms. The Labute approximate surface area is 105 Å². The van der Waals surface area contributed by atoms with Crippen molar-refractivity contribution in [1.82, 2.24) is 9.88 Å². The van der Waals surface area contributed by atoms with Crippen LogP contribution in [0.2, 0.25) is 0 Å². The van der Waals surface area contributed by atoms with Gasteiger partial charge in [-0.05, 0) is 43.2 Å². The Balaban J connectivity index is 1.87. The van der Waals surface area contributed by atoms with E-state index in [0.29, 0.717) is 0 Å². The molecule has 2 rings (SSSR count). The minimum absolute atomic E-state index is 0.718. The highest BCUT2D eigenvalue weighted by Gasteiger charge is 2.29. The summed E-state index contributed by atoms with van der Waals surface area (Å²) >= 11 is 0. The smallest absolute Gasteiger partial charge is 0.0361 e. The summed E-state index contributed by atoms with van der Waals surface area (Å²) in [5.74, 6) is 1.71. The van der Waals surface area contributed by atoms with Crippen LogP contribution in [0.3, 0.4) is 0 Å². The van der Waals surface area contributed by atoms with Crippen LogP contribution in [0.1, 0.15) is 45.7 Å². The topological polar surface area (TPSA) is 17.0 Å². The minimum atomic E-state index is 0.718. The molecular formula is C15H26N2. The average Bonchev–Trinajstić information content (AvgIpc) is 2.87. The monoisotopic (exact) mass is 234 g/mol. The van der Waals surface area contributed by atoms with Crippen molar-refractivity contribution in [3.05, 3.63) is 24.0 Å². The third kappa shape index (κ3) is 2.92. The van der Waals surface area contributed by atoms with E-state index in [-0.39, 0.29) is 0 Å². The maximum atomic E-state index is 3.74. The molecule has 3 unspecified atom stereocenters. The molecule has 1 aliphatic carbocycles. The fourth-order valence-corrected chi connectivity index (χ4v) is 2.96. The predicted molar refractivity (Wildman–Crippen MR) is 72.9 cm³/mol. The second-order valence-corrected chi connectivity index (χ2v) is 5.59. The van der Waals surface area contributed by atoms with Crippen LogP contribution in [0.4, 0.5) is 0 Å². The van der Waals surface area contributed by atoms with Gasteiger partial charge in [-0.15, -0.1) is 0 Å². The highest BCUT2D eigenvalue weighted by molar-refractivity contribution is 5.07. The van der Waals surface area contributed by atoms with Gasteiger partial charge in [-0.25, -0.2) is 0 Å². The predicted octanol–water partition coefficient (Wildman–Crippen LogP) is 3.42. The van der Waals surface area contributed by atoms with Gasteiger partial charge in [0.05, 0.1) is 0 Å². The first-order chi connectivity index (χ1) is 8.22. The van der Waals surface area contributed by atoms with E-state index in [1.165, 1.54) is 25.0 Å². The molecule has 1 saturated carbocycles. The molecule has 0 amide bonds. The Morgan fingerprint density at radius 3 is 2.82 bits per heavy atom. The summed E-state index contributed by atoms with van der Waals surface area (Å²) in [5.41, 5.74) is 1.43. The number of nitrogens with zero attached hydrogens (tertiary/aromatic N) is 1. The highest BCUT2D eigenvalue weighted by atomic mass is 15.0. The van der Waals surface area contributed by atoms with Crippen molar-refractivity contribution in [2.45, 2.75) is 59.2 Å². The van der Waals surface area contributed by atoms with Crippen LogP contribution in [0, 0.1) is 11.8 Å². The molecule has 1 N–H and O–H groups in total. The second kappa shape index (κ2) is 5.72. The average molecular weight is 234 g/mol. The summed E-state index contributed by atoms with van der Waals surface area (Å²) < 4.78 is 2.37. The summed E-state index contributed by atoms with van der Waals surface area (Å²) in [6, 6.07) is 5.12. The number of aromatic nitrogens is 1. The maximum absolute atomic E-state index is 3.74. The van der Waals surface area contributed by atoms with Crippen molar-refractivity contribution in [3.8, 4) is 0 Å². The van der Waals surface area contributed by atoms with E-state index in [9.17, 15) is 0 Å². The van der Waals surface area contributed by atoms with Gasteiger partial charge in [-0.2, -0.15) is 0 Å². The van der Waals surface area contributed by atoms with Crippen molar-refractivity contribution in [3.63, 3.8) is 0 Å². The summed E-state index contributed by atoms with van der Waals surface area (Å²) in [4.78, 5) is 0. The molecule has 0 aliphatic heterocycles. The second-order valence-electron chi connectivity index (χ2n) is 5.59. The van der Waals surface area contributed by atoms with E-state index in [2.05, 4.69) is 49.0 Å². The summed E-state index contributed by atoms with van der Waals surface area (Å²) in [6.45, 7) is 9.17. The largest absolute Gasteiger partial charge is 0.350 e. The third-order valence-electron chi connectivity index (χ3n) is 4.40. The molecule has 2 heteroatoms. The van der Waals surface area contributed by atoms with Gasteiger partial charge in [0.1, 0.15) is 0 Å². The zero-order valence-corrected chi connectivity index (χ0v) is 11.4. The summed E-state index contributed by atoms with van der Waals surface area (Å²) in [5, 5.41) is 3.74. The Morgan fingerprint density at radius 2 is 2.18 bits per heavy atom. The lowest BCUT2D eigenvalue weighted by Crippen LogP contribution is -2.32. The number of rotatable bonds is 5. The van der Waals surface area contributed by atoms with Crippen LogP contribution in [0.15, 0.2) is 18.3 Å². The molecule has 2 nitrogen and oxygen atoms in total. The molecule has 96 valence electrons. The van der Waals surface area contributed by atoms with Crippen molar-refractivity contribution in [1.29, 1.82) is 0 Å². The Hall–Kier alpha value is -0.760. The van der Waals surface area contributed by atoms with E-state index in [4.69, 9.17) is 0 Å². The number of hydrogen-bond acceptors (Lipinski definition) is 1. The van der Waals surface area contributed by atoms with Crippen molar-refractivity contribution in [2.24, 2.45) is 11.8 Å². The standard InChI is InChI=1S/C15H26N2/c1-4-9-17-10-5-6-14(17)11-16-15-8-7-12(2)13(15)3/h5-6,10,12-13,15-16H,4,7-9,11H2,1-3H3.